The summed E-state index contributed by atoms with van der Waals surface area (Å²) in [5.41, 5.74) is 0. The fourth-order valence-corrected chi connectivity index (χ4v) is 4.27. The molecule has 0 spiro atoms. The van der Waals surface area contributed by atoms with Gasteiger partial charge in [0.2, 0.25) is 10.0 Å². The monoisotopic (exact) mass is 232 g/mol. The third-order valence-corrected chi connectivity index (χ3v) is 5.64. The summed E-state index contributed by atoms with van der Waals surface area (Å²) in [5.74, 6) is 0. The Morgan fingerprint density at radius 2 is 2.13 bits per heavy atom. The molecule has 1 aliphatic carbocycles. The maximum Gasteiger partial charge on any atom is 0.217 e. The molecule has 1 saturated heterocycles. The van der Waals surface area contributed by atoms with E-state index in [1.54, 1.807) is 4.31 Å². The highest BCUT2D eigenvalue weighted by atomic mass is 32.2. The summed E-state index contributed by atoms with van der Waals surface area (Å²) in [4.78, 5) is 0. The highest BCUT2D eigenvalue weighted by molar-refractivity contribution is 7.90. The zero-order valence-electron chi connectivity index (χ0n) is 9.28. The van der Waals surface area contributed by atoms with Gasteiger partial charge in [0.05, 0.1) is 5.25 Å². The Kier molecular flexibility index (Phi) is 3.33. The number of sulfonamides is 1. The van der Waals surface area contributed by atoms with Crippen LogP contribution in [0.15, 0.2) is 0 Å². The zero-order valence-corrected chi connectivity index (χ0v) is 10.1. The number of hydrogen-bond donors (Lipinski definition) is 1. The Labute approximate surface area is 92.1 Å². The van der Waals surface area contributed by atoms with Crippen LogP contribution >= 0.6 is 0 Å². The minimum atomic E-state index is -2.97. The van der Waals surface area contributed by atoms with Crippen LogP contribution < -0.4 is 5.32 Å². The molecule has 0 amide bonds. The van der Waals surface area contributed by atoms with Crippen LogP contribution in [0, 0.1) is 0 Å². The van der Waals surface area contributed by atoms with Crippen molar-refractivity contribution in [3.63, 3.8) is 0 Å². The molecule has 0 radical (unpaired) electrons. The lowest BCUT2D eigenvalue weighted by atomic mass is 10.1. The van der Waals surface area contributed by atoms with Crippen LogP contribution in [0.3, 0.4) is 0 Å². The molecular formula is C10H20N2O2S. The number of rotatable bonds is 4. The molecule has 1 aliphatic heterocycles. The van der Waals surface area contributed by atoms with E-state index in [9.17, 15) is 8.42 Å². The first-order valence-corrected chi connectivity index (χ1v) is 7.38. The van der Waals surface area contributed by atoms with E-state index < -0.39 is 10.0 Å². The van der Waals surface area contributed by atoms with E-state index in [2.05, 4.69) is 12.2 Å². The van der Waals surface area contributed by atoms with Crippen LogP contribution in [-0.4, -0.2) is 43.6 Å². The minimum Gasteiger partial charge on any atom is -0.314 e. The maximum atomic E-state index is 12.1. The summed E-state index contributed by atoms with van der Waals surface area (Å²) in [6.45, 7) is 4.38. The molecule has 2 fully saturated rings. The highest BCUT2D eigenvalue weighted by Gasteiger charge is 2.43. The van der Waals surface area contributed by atoms with E-state index in [1.807, 2.05) is 0 Å². The van der Waals surface area contributed by atoms with Gasteiger partial charge in [-0.15, -0.1) is 0 Å². The third-order valence-electron chi connectivity index (χ3n) is 3.19. The van der Waals surface area contributed by atoms with Gasteiger partial charge in [-0.25, -0.2) is 8.42 Å². The van der Waals surface area contributed by atoms with E-state index in [4.69, 9.17) is 0 Å². The van der Waals surface area contributed by atoms with Crippen molar-refractivity contribution in [3.05, 3.63) is 0 Å². The Morgan fingerprint density at radius 1 is 1.40 bits per heavy atom. The largest absolute Gasteiger partial charge is 0.314 e. The lowest BCUT2D eigenvalue weighted by Crippen LogP contribution is -2.54. The van der Waals surface area contributed by atoms with Crippen molar-refractivity contribution in [2.24, 2.45) is 0 Å². The second-order valence-electron chi connectivity index (χ2n) is 4.50. The van der Waals surface area contributed by atoms with Gasteiger partial charge in [-0.1, -0.05) is 13.3 Å². The van der Waals surface area contributed by atoms with Gasteiger partial charge in [0, 0.05) is 25.7 Å². The Hall–Kier alpha value is -0.130. The summed E-state index contributed by atoms with van der Waals surface area (Å²) in [6.07, 6.45) is 3.75. The molecule has 0 aromatic rings. The van der Waals surface area contributed by atoms with Crippen molar-refractivity contribution < 1.29 is 8.42 Å². The van der Waals surface area contributed by atoms with Gasteiger partial charge < -0.3 is 5.32 Å². The molecule has 88 valence electrons. The smallest absolute Gasteiger partial charge is 0.217 e. The second-order valence-corrected chi connectivity index (χ2v) is 6.67. The average Bonchev–Trinajstić information content (AvgIpc) is 3.02. The van der Waals surface area contributed by atoms with Crippen LogP contribution in [0.1, 0.15) is 32.6 Å². The first-order valence-electron chi connectivity index (χ1n) is 5.87. The third kappa shape index (κ3) is 2.34. The number of nitrogens with one attached hydrogen (secondary N) is 1. The van der Waals surface area contributed by atoms with Crippen molar-refractivity contribution in [2.45, 2.75) is 43.9 Å². The van der Waals surface area contributed by atoms with Gasteiger partial charge in [-0.2, -0.15) is 4.31 Å². The Balaban J connectivity index is 2.09. The molecule has 0 aromatic carbocycles. The Morgan fingerprint density at radius 3 is 2.73 bits per heavy atom. The SMILES string of the molecule is CCCC1CNCCN1S(=O)(=O)C1CC1. The molecule has 1 N–H and O–H groups in total. The van der Waals surface area contributed by atoms with Crippen molar-refractivity contribution in [1.29, 1.82) is 0 Å². The summed E-state index contributed by atoms with van der Waals surface area (Å²) in [6, 6.07) is 0.189. The van der Waals surface area contributed by atoms with Gasteiger partial charge >= 0.3 is 0 Å². The van der Waals surface area contributed by atoms with Crippen molar-refractivity contribution in [2.75, 3.05) is 19.6 Å². The van der Waals surface area contributed by atoms with Crippen LogP contribution in [0.4, 0.5) is 0 Å². The van der Waals surface area contributed by atoms with Crippen molar-refractivity contribution in [3.8, 4) is 0 Å². The minimum absolute atomic E-state index is 0.0602. The zero-order chi connectivity index (χ0) is 10.9. The number of hydrogen-bond acceptors (Lipinski definition) is 3. The van der Waals surface area contributed by atoms with Crippen LogP contribution in [0.2, 0.25) is 0 Å². The standard InChI is InChI=1S/C10H20N2O2S/c1-2-3-9-8-11-6-7-12(9)15(13,14)10-4-5-10/h9-11H,2-8H2,1H3. The molecule has 1 heterocycles. The van der Waals surface area contributed by atoms with Crippen molar-refractivity contribution in [1.82, 2.24) is 9.62 Å². The van der Waals surface area contributed by atoms with Gasteiger partial charge in [-0.3, -0.25) is 0 Å². The van der Waals surface area contributed by atoms with E-state index in [0.717, 1.165) is 38.8 Å². The van der Waals surface area contributed by atoms with Gasteiger partial charge in [0.1, 0.15) is 0 Å². The first-order chi connectivity index (χ1) is 7.16. The van der Waals surface area contributed by atoms with Crippen LogP contribution in [0.25, 0.3) is 0 Å². The summed E-state index contributed by atoms with van der Waals surface area (Å²) < 4.78 is 26.0. The molecule has 5 heteroatoms. The predicted octanol–water partition coefficient (Wildman–Crippen LogP) is 0.552. The summed E-state index contributed by atoms with van der Waals surface area (Å²) >= 11 is 0. The van der Waals surface area contributed by atoms with E-state index in [1.165, 1.54) is 0 Å². The predicted molar refractivity (Wildman–Crippen MR) is 60.2 cm³/mol. The molecule has 2 aliphatic rings. The van der Waals surface area contributed by atoms with E-state index in [0.29, 0.717) is 6.54 Å². The molecule has 1 atom stereocenters. The molecule has 1 saturated carbocycles. The van der Waals surface area contributed by atoms with Gasteiger partial charge in [0.25, 0.3) is 0 Å². The average molecular weight is 232 g/mol. The molecule has 2 rings (SSSR count). The van der Waals surface area contributed by atoms with Gasteiger partial charge in [-0.05, 0) is 19.3 Å². The van der Waals surface area contributed by atoms with Crippen molar-refractivity contribution >= 4 is 10.0 Å². The van der Waals surface area contributed by atoms with Crippen LogP contribution in [0.5, 0.6) is 0 Å². The molecule has 15 heavy (non-hydrogen) atoms. The van der Waals surface area contributed by atoms with E-state index in [-0.39, 0.29) is 11.3 Å². The second kappa shape index (κ2) is 4.39. The van der Waals surface area contributed by atoms with Gasteiger partial charge in [0.15, 0.2) is 0 Å². The van der Waals surface area contributed by atoms with Crippen LogP contribution in [-0.2, 0) is 10.0 Å². The quantitative estimate of drug-likeness (QED) is 0.770. The highest BCUT2D eigenvalue weighted by Crippen LogP contribution is 2.32. The first kappa shape index (κ1) is 11.4. The number of piperazine rings is 1. The maximum absolute atomic E-state index is 12.1. The molecule has 4 nitrogen and oxygen atoms in total. The fraction of sp³-hybridized carbons (Fsp3) is 1.00. The fourth-order valence-electron chi connectivity index (χ4n) is 2.21. The topological polar surface area (TPSA) is 49.4 Å². The normalized spacial score (nSPS) is 29.3. The van der Waals surface area contributed by atoms with E-state index >= 15 is 0 Å². The summed E-state index contributed by atoms with van der Waals surface area (Å²) in [5, 5.41) is 3.21. The Bertz CT molecular complexity index is 309. The molecule has 1 unspecified atom stereocenters. The summed E-state index contributed by atoms with van der Waals surface area (Å²) in [7, 11) is -2.97. The number of nitrogens with zero attached hydrogens (tertiary/aromatic N) is 1. The molecule has 0 bridgehead atoms. The molecule has 0 aromatic heterocycles. The lowest BCUT2D eigenvalue weighted by molar-refractivity contribution is 0.254. The molecular weight excluding hydrogens is 212 g/mol. The lowest BCUT2D eigenvalue weighted by Gasteiger charge is -2.35.